The molecule has 1 unspecified atom stereocenters. The summed E-state index contributed by atoms with van der Waals surface area (Å²) in [7, 11) is 0. The maximum Gasteiger partial charge on any atom is 0.275 e. The van der Waals surface area contributed by atoms with Crippen LogP contribution < -0.4 is 15.7 Å². The van der Waals surface area contributed by atoms with Gasteiger partial charge in [-0.25, -0.2) is 20.1 Å². The van der Waals surface area contributed by atoms with Gasteiger partial charge in [0.2, 0.25) is 0 Å². The number of rotatable bonds is 7. The van der Waals surface area contributed by atoms with E-state index in [0.717, 1.165) is 37.6 Å². The van der Waals surface area contributed by atoms with Crippen molar-refractivity contribution >= 4 is 57.2 Å². The summed E-state index contributed by atoms with van der Waals surface area (Å²) in [4.78, 5) is 23.9. The Hall–Kier alpha value is -2.79. The molecule has 2 aromatic heterocycles. The molecule has 1 saturated heterocycles. The Morgan fingerprint density at radius 1 is 1.15 bits per heavy atom. The van der Waals surface area contributed by atoms with Crippen molar-refractivity contribution in [2.75, 3.05) is 36.5 Å². The maximum absolute atomic E-state index is 12.3. The number of nitrogens with one attached hydrogen (secondary N) is 2. The predicted octanol–water partition coefficient (Wildman–Crippen LogP) is 4.58. The SMILES string of the molecule is O=C(NOPI)c1cccc(-c2cn3ccnc3c(Nc3ccc(N4CCOCC4)cc3)n2)c1. The summed E-state index contributed by atoms with van der Waals surface area (Å²) in [6.07, 6.45) is 5.51. The largest absolute Gasteiger partial charge is 0.378 e. The molecular weight excluding hydrogens is 566 g/mol. The quantitative estimate of drug-likeness (QED) is 0.186. The Labute approximate surface area is 211 Å². The summed E-state index contributed by atoms with van der Waals surface area (Å²) in [6.45, 7) is 3.44. The minimum absolute atomic E-state index is 0.141. The Bertz CT molecular complexity index is 1290. The molecule has 5 rings (SSSR count). The average molecular weight is 588 g/mol. The Balaban J connectivity index is 1.42. The average Bonchev–Trinajstić information content (AvgIpc) is 3.37. The van der Waals surface area contributed by atoms with Crippen LogP contribution in [0.15, 0.2) is 67.1 Å². The molecule has 1 amide bonds. The van der Waals surface area contributed by atoms with Crippen molar-refractivity contribution in [2.24, 2.45) is 0 Å². The summed E-state index contributed by atoms with van der Waals surface area (Å²) in [5.41, 5.74) is 7.25. The number of morpholine rings is 1. The van der Waals surface area contributed by atoms with E-state index in [9.17, 15) is 4.79 Å². The number of anilines is 3. The first-order chi connectivity index (χ1) is 16.7. The van der Waals surface area contributed by atoms with Gasteiger partial charge in [-0.05, 0) is 58.4 Å². The summed E-state index contributed by atoms with van der Waals surface area (Å²) in [6, 6.07) is 15.6. The van der Waals surface area contributed by atoms with E-state index in [1.54, 1.807) is 18.3 Å². The number of carbonyl (C=O) groups excluding carboxylic acids is 1. The number of aromatic nitrogens is 3. The lowest BCUT2D eigenvalue weighted by molar-refractivity contribution is 0.0795. The molecule has 0 bridgehead atoms. The van der Waals surface area contributed by atoms with Gasteiger partial charge < -0.3 is 19.4 Å². The molecule has 1 aliphatic rings. The number of nitrogens with zero attached hydrogens (tertiary/aromatic N) is 4. The van der Waals surface area contributed by atoms with E-state index in [1.807, 2.05) is 63.1 Å². The maximum atomic E-state index is 12.3. The summed E-state index contributed by atoms with van der Waals surface area (Å²) in [5, 5.41) is 3.40. The molecule has 3 heterocycles. The van der Waals surface area contributed by atoms with Crippen LogP contribution in [0.1, 0.15) is 10.4 Å². The highest BCUT2D eigenvalue weighted by atomic mass is 127. The number of hydroxylamine groups is 1. The van der Waals surface area contributed by atoms with Gasteiger partial charge in [-0.15, -0.1) is 0 Å². The third kappa shape index (κ3) is 5.15. The molecule has 34 heavy (non-hydrogen) atoms. The number of fused-ring (bicyclic) bond motifs is 1. The van der Waals surface area contributed by atoms with Gasteiger partial charge in [-0.2, -0.15) is 0 Å². The fourth-order valence-electron chi connectivity index (χ4n) is 3.81. The van der Waals surface area contributed by atoms with E-state index in [-0.39, 0.29) is 12.4 Å². The lowest BCUT2D eigenvalue weighted by Gasteiger charge is -2.28. The van der Waals surface area contributed by atoms with Crippen molar-refractivity contribution in [3.8, 4) is 11.3 Å². The Morgan fingerprint density at radius 3 is 2.76 bits per heavy atom. The van der Waals surface area contributed by atoms with Crippen molar-refractivity contribution in [2.45, 2.75) is 0 Å². The van der Waals surface area contributed by atoms with Crippen LogP contribution in [0.5, 0.6) is 0 Å². The minimum atomic E-state index is -0.298. The number of carbonyl (C=O) groups is 1. The van der Waals surface area contributed by atoms with Gasteiger partial charge in [0.25, 0.3) is 5.91 Å². The third-order valence-electron chi connectivity index (χ3n) is 5.48. The number of amides is 1. The molecule has 2 N–H and O–H groups in total. The number of ether oxygens (including phenoxy) is 1. The molecule has 174 valence electrons. The second-order valence-electron chi connectivity index (χ2n) is 7.60. The van der Waals surface area contributed by atoms with E-state index >= 15 is 0 Å². The van der Waals surface area contributed by atoms with Gasteiger partial charge in [0.05, 0.1) is 18.9 Å². The standard InChI is InChI=1S/C23H22IN6O3P/c24-34-33-28-23(31)17-3-1-2-16(14-17)20-15-30-9-8-25-22(30)21(27-20)26-18-4-6-19(7-5-18)29-10-12-32-13-11-29/h1-9,14-15,34H,10-13H2,(H,26,27)(H,28,31). The van der Waals surface area contributed by atoms with Crippen LogP contribution in [0.4, 0.5) is 17.2 Å². The van der Waals surface area contributed by atoms with Crippen LogP contribution in [-0.4, -0.2) is 46.6 Å². The van der Waals surface area contributed by atoms with E-state index in [1.165, 1.54) is 5.69 Å². The van der Waals surface area contributed by atoms with Crippen molar-refractivity contribution < 1.29 is 14.2 Å². The first kappa shape index (κ1) is 23.0. The van der Waals surface area contributed by atoms with E-state index in [2.05, 4.69) is 32.8 Å². The lowest BCUT2D eigenvalue weighted by Crippen LogP contribution is -2.36. The summed E-state index contributed by atoms with van der Waals surface area (Å²) < 4.78 is 12.4. The van der Waals surface area contributed by atoms with Gasteiger partial charge in [0.15, 0.2) is 11.5 Å². The van der Waals surface area contributed by atoms with Crippen LogP contribution in [0.25, 0.3) is 16.9 Å². The Kier molecular flexibility index (Phi) is 7.19. The fourth-order valence-corrected chi connectivity index (χ4v) is 4.27. The van der Waals surface area contributed by atoms with Crippen LogP contribution >= 0.6 is 28.5 Å². The van der Waals surface area contributed by atoms with Crippen LogP contribution in [0.3, 0.4) is 0 Å². The van der Waals surface area contributed by atoms with E-state index < -0.39 is 0 Å². The number of hydrogen-bond donors (Lipinski definition) is 2. The summed E-state index contributed by atoms with van der Waals surface area (Å²) in [5.74, 6) is 0.333. The number of benzene rings is 2. The van der Waals surface area contributed by atoms with Gasteiger partial charge in [0.1, 0.15) is 6.45 Å². The second kappa shape index (κ2) is 10.6. The van der Waals surface area contributed by atoms with Crippen molar-refractivity contribution in [1.29, 1.82) is 0 Å². The number of imidazole rings is 1. The lowest BCUT2D eigenvalue weighted by atomic mass is 10.1. The van der Waals surface area contributed by atoms with Gasteiger partial charge >= 0.3 is 0 Å². The monoisotopic (exact) mass is 588 g/mol. The van der Waals surface area contributed by atoms with Crippen molar-refractivity contribution in [1.82, 2.24) is 19.8 Å². The number of halogens is 1. The highest BCUT2D eigenvalue weighted by Crippen LogP contribution is 2.27. The first-order valence-electron chi connectivity index (χ1n) is 10.7. The molecule has 11 heteroatoms. The zero-order chi connectivity index (χ0) is 23.3. The first-order valence-corrected chi connectivity index (χ1v) is 14.7. The summed E-state index contributed by atoms with van der Waals surface area (Å²) >= 11 is 2.05. The predicted molar refractivity (Wildman–Crippen MR) is 142 cm³/mol. The Morgan fingerprint density at radius 2 is 1.97 bits per heavy atom. The van der Waals surface area contributed by atoms with Gasteiger partial charge in [0, 0.05) is 54.2 Å². The van der Waals surface area contributed by atoms with Crippen LogP contribution in [-0.2, 0) is 9.36 Å². The zero-order valence-corrected chi connectivity index (χ0v) is 21.2. The highest BCUT2D eigenvalue weighted by Gasteiger charge is 2.14. The van der Waals surface area contributed by atoms with Crippen molar-refractivity contribution in [3.05, 3.63) is 72.7 Å². The second-order valence-corrected chi connectivity index (χ2v) is 9.27. The molecule has 9 nitrogen and oxygen atoms in total. The molecule has 2 aromatic carbocycles. The van der Waals surface area contributed by atoms with Crippen molar-refractivity contribution in [3.63, 3.8) is 0 Å². The minimum Gasteiger partial charge on any atom is -0.378 e. The smallest absolute Gasteiger partial charge is 0.275 e. The van der Waals surface area contributed by atoms with Gasteiger partial charge in [-0.1, -0.05) is 12.1 Å². The molecule has 1 aliphatic heterocycles. The normalized spacial score (nSPS) is 14.1. The fraction of sp³-hybridized carbons (Fsp3) is 0.174. The molecule has 0 spiro atoms. The topological polar surface area (TPSA) is 93.0 Å². The van der Waals surface area contributed by atoms with Crippen LogP contribution in [0, 0.1) is 0 Å². The molecule has 1 fully saturated rings. The number of hydrogen-bond acceptors (Lipinski definition) is 7. The molecule has 0 aliphatic carbocycles. The van der Waals surface area contributed by atoms with Gasteiger partial charge in [-0.3, -0.25) is 4.79 Å². The molecular formula is C23H22IN6O3P. The third-order valence-corrected chi connectivity index (χ3v) is 6.32. The zero-order valence-electron chi connectivity index (χ0n) is 18.1. The van der Waals surface area contributed by atoms with E-state index in [0.29, 0.717) is 22.7 Å². The van der Waals surface area contributed by atoms with Crippen LogP contribution in [0.2, 0.25) is 0 Å². The molecule has 0 saturated carbocycles. The molecule has 4 aromatic rings. The molecule has 1 atom stereocenters. The van der Waals surface area contributed by atoms with E-state index in [4.69, 9.17) is 14.3 Å². The molecule has 0 radical (unpaired) electrons. The highest BCUT2D eigenvalue weighted by molar-refractivity contribution is 14.2.